The molecule has 7 heteroatoms. The van der Waals surface area contributed by atoms with E-state index in [9.17, 15) is 4.79 Å². The number of pyridine rings is 1. The van der Waals surface area contributed by atoms with Crippen LogP contribution in [0.3, 0.4) is 0 Å². The third-order valence-electron chi connectivity index (χ3n) is 3.85. The molecule has 1 aliphatic rings. The summed E-state index contributed by atoms with van der Waals surface area (Å²) in [5.41, 5.74) is 0.954. The number of piperidine rings is 1. The maximum Gasteiger partial charge on any atom is 0.270 e. The minimum atomic E-state index is -0.179. The fraction of sp³-hybridized carbons (Fsp3) is 0.312. The molecule has 7 nitrogen and oxygen atoms in total. The molecule has 23 heavy (non-hydrogen) atoms. The van der Waals surface area contributed by atoms with Crippen molar-refractivity contribution in [1.82, 2.24) is 20.3 Å². The molecule has 1 amide bonds. The van der Waals surface area contributed by atoms with E-state index in [1.54, 1.807) is 30.6 Å². The molecule has 2 aromatic rings. The number of nitriles is 1. The lowest BCUT2D eigenvalue weighted by molar-refractivity contribution is 0.0926. The van der Waals surface area contributed by atoms with Crippen molar-refractivity contribution in [1.29, 1.82) is 5.26 Å². The summed E-state index contributed by atoms with van der Waals surface area (Å²) in [5, 5.41) is 12.2. The van der Waals surface area contributed by atoms with Crippen LogP contribution in [0.15, 0.2) is 36.9 Å². The summed E-state index contributed by atoms with van der Waals surface area (Å²) in [7, 11) is 0. The molecule has 3 heterocycles. The second kappa shape index (κ2) is 6.83. The van der Waals surface area contributed by atoms with Crippen LogP contribution in [-0.4, -0.2) is 40.0 Å². The Morgan fingerprint density at radius 2 is 2.09 bits per heavy atom. The molecule has 0 aromatic carbocycles. The Hall–Kier alpha value is -3.01. The van der Waals surface area contributed by atoms with Gasteiger partial charge in [0.2, 0.25) is 0 Å². The van der Waals surface area contributed by atoms with Gasteiger partial charge in [0.25, 0.3) is 5.91 Å². The van der Waals surface area contributed by atoms with Crippen molar-refractivity contribution >= 4 is 11.7 Å². The fourth-order valence-electron chi connectivity index (χ4n) is 2.66. The number of carbonyl (C=O) groups is 1. The maximum absolute atomic E-state index is 12.1. The molecule has 3 rings (SSSR count). The summed E-state index contributed by atoms with van der Waals surface area (Å²) in [4.78, 5) is 26.2. The Labute approximate surface area is 134 Å². The van der Waals surface area contributed by atoms with Gasteiger partial charge in [-0.3, -0.25) is 4.79 Å². The van der Waals surface area contributed by atoms with Crippen LogP contribution in [0.2, 0.25) is 0 Å². The second-order valence-corrected chi connectivity index (χ2v) is 5.32. The van der Waals surface area contributed by atoms with Gasteiger partial charge in [0, 0.05) is 31.5 Å². The van der Waals surface area contributed by atoms with E-state index in [1.165, 1.54) is 6.33 Å². The average molecular weight is 308 g/mol. The molecule has 1 aliphatic heterocycles. The predicted octanol–water partition coefficient (Wildman–Crippen LogP) is 1.14. The van der Waals surface area contributed by atoms with Gasteiger partial charge in [-0.2, -0.15) is 5.26 Å². The molecule has 0 unspecified atom stereocenters. The Balaban J connectivity index is 1.59. The summed E-state index contributed by atoms with van der Waals surface area (Å²) >= 11 is 0. The monoisotopic (exact) mass is 308 g/mol. The van der Waals surface area contributed by atoms with E-state index in [1.807, 2.05) is 0 Å². The Morgan fingerprint density at radius 3 is 2.78 bits per heavy atom. The van der Waals surface area contributed by atoms with Crippen molar-refractivity contribution in [2.45, 2.75) is 18.9 Å². The lowest BCUT2D eigenvalue weighted by atomic mass is 10.0. The largest absolute Gasteiger partial charge is 0.355 e. The predicted molar refractivity (Wildman–Crippen MR) is 83.7 cm³/mol. The van der Waals surface area contributed by atoms with E-state index < -0.39 is 0 Å². The number of rotatable bonds is 3. The van der Waals surface area contributed by atoms with Gasteiger partial charge in [-0.25, -0.2) is 15.0 Å². The highest BCUT2D eigenvalue weighted by atomic mass is 16.1. The first kappa shape index (κ1) is 14.9. The van der Waals surface area contributed by atoms with Crippen molar-refractivity contribution in [2.24, 2.45) is 0 Å². The zero-order chi connectivity index (χ0) is 16.1. The Bertz CT molecular complexity index is 719. The standard InChI is InChI=1S/C16H16N6O/c17-10-12-2-1-6-19-15(12)22-8-4-13(5-9-22)21-16(23)14-3-7-18-11-20-14/h1-3,6-7,11,13H,4-5,8-9H2,(H,21,23). The van der Waals surface area contributed by atoms with Crippen molar-refractivity contribution in [3.63, 3.8) is 0 Å². The van der Waals surface area contributed by atoms with Gasteiger partial charge >= 0.3 is 0 Å². The Kier molecular flexibility index (Phi) is 4.43. The molecule has 0 aliphatic carbocycles. The zero-order valence-corrected chi connectivity index (χ0v) is 12.5. The molecule has 0 atom stereocenters. The van der Waals surface area contributed by atoms with Crippen LogP contribution < -0.4 is 10.2 Å². The van der Waals surface area contributed by atoms with Crippen LogP contribution in [0.25, 0.3) is 0 Å². The maximum atomic E-state index is 12.1. The zero-order valence-electron chi connectivity index (χ0n) is 12.5. The summed E-state index contributed by atoms with van der Waals surface area (Å²) in [6, 6.07) is 7.39. The lowest BCUT2D eigenvalue weighted by Gasteiger charge is -2.33. The van der Waals surface area contributed by atoms with Crippen molar-refractivity contribution in [2.75, 3.05) is 18.0 Å². The molecule has 1 N–H and O–H groups in total. The normalized spacial score (nSPS) is 15.0. The summed E-state index contributed by atoms with van der Waals surface area (Å²) in [6.07, 6.45) is 6.21. The first-order valence-electron chi connectivity index (χ1n) is 7.45. The van der Waals surface area contributed by atoms with Crippen molar-refractivity contribution in [3.8, 4) is 6.07 Å². The van der Waals surface area contributed by atoms with Crippen LogP contribution in [0.1, 0.15) is 28.9 Å². The number of carbonyl (C=O) groups excluding carboxylic acids is 1. The number of aromatic nitrogens is 3. The minimum Gasteiger partial charge on any atom is -0.355 e. The van der Waals surface area contributed by atoms with Gasteiger partial charge in [-0.1, -0.05) is 0 Å². The summed E-state index contributed by atoms with van der Waals surface area (Å²) < 4.78 is 0. The van der Waals surface area contributed by atoms with Crippen LogP contribution >= 0.6 is 0 Å². The van der Waals surface area contributed by atoms with Crippen LogP contribution in [0.4, 0.5) is 5.82 Å². The lowest BCUT2D eigenvalue weighted by Crippen LogP contribution is -2.45. The third kappa shape index (κ3) is 3.43. The van der Waals surface area contributed by atoms with Gasteiger partial charge in [0.15, 0.2) is 0 Å². The number of amides is 1. The number of hydrogen-bond donors (Lipinski definition) is 1. The average Bonchev–Trinajstić information content (AvgIpc) is 2.63. The molecule has 116 valence electrons. The highest BCUT2D eigenvalue weighted by molar-refractivity contribution is 5.92. The number of nitrogens with zero attached hydrogens (tertiary/aromatic N) is 5. The smallest absolute Gasteiger partial charge is 0.270 e. The Morgan fingerprint density at radius 1 is 1.26 bits per heavy atom. The highest BCUT2D eigenvalue weighted by Crippen LogP contribution is 2.21. The first-order valence-corrected chi connectivity index (χ1v) is 7.45. The SMILES string of the molecule is N#Cc1cccnc1N1CCC(NC(=O)c2ccncn2)CC1. The molecular weight excluding hydrogens is 292 g/mol. The molecule has 0 spiro atoms. The van der Waals surface area contributed by atoms with E-state index in [4.69, 9.17) is 5.26 Å². The van der Waals surface area contributed by atoms with E-state index >= 15 is 0 Å². The first-order chi connectivity index (χ1) is 11.3. The van der Waals surface area contributed by atoms with Gasteiger partial charge in [-0.05, 0) is 31.0 Å². The fourth-order valence-corrected chi connectivity index (χ4v) is 2.66. The molecule has 1 saturated heterocycles. The minimum absolute atomic E-state index is 0.1000. The number of hydrogen-bond acceptors (Lipinski definition) is 6. The summed E-state index contributed by atoms with van der Waals surface area (Å²) in [5.74, 6) is 0.539. The quantitative estimate of drug-likeness (QED) is 0.913. The van der Waals surface area contributed by atoms with Gasteiger partial charge in [-0.15, -0.1) is 0 Å². The van der Waals surface area contributed by atoms with Gasteiger partial charge in [0.1, 0.15) is 23.9 Å². The molecule has 0 saturated carbocycles. The van der Waals surface area contributed by atoms with Gasteiger partial charge < -0.3 is 10.2 Å². The van der Waals surface area contributed by atoms with E-state index in [2.05, 4.69) is 31.2 Å². The van der Waals surface area contributed by atoms with Crippen molar-refractivity contribution in [3.05, 3.63) is 48.2 Å². The van der Waals surface area contributed by atoms with E-state index in [0.29, 0.717) is 11.3 Å². The molecule has 2 aromatic heterocycles. The van der Waals surface area contributed by atoms with Crippen LogP contribution in [0.5, 0.6) is 0 Å². The molecule has 0 bridgehead atoms. The van der Waals surface area contributed by atoms with Crippen LogP contribution in [0, 0.1) is 11.3 Å². The summed E-state index contributed by atoms with van der Waals surface area (Å²) in [6.45, 7) is 1.50. The molecule has 1 fully saturated rings. The second-order valence-electron chi connectivity index (χ2n) is 5.32. The number of anilines is 1. The van der Waals surface area contributed by atoms with Crippen molar-refractivity contribution < 1.29 is 4.79 Å². The van der Waals surface area contributed by atoms with E-state index in [0.717, 1.165) is 31.7 Å². The van der Waals surface area contributed by atoms with E-state index in [-0.39, 0.29) is 11.9 Å². The molecular formula is C16H16N6O. The topological polar surface area (TPSA) is 94.8 Å². The number of nitrogens with one attached hydrogen (secondary N) is 1. The van der Waals surface area contributed by atoms with Gasteiger partial charge in [0.05, 0.1) is 5.56 Å². The third-order valence-corrected chi connectivity index (χ3v) is 3.85. The molecule has 0 radical (unpaired) electrons. The van der Waals surface area contributed by atoms with Crippen LogP contribution in [-0.2, 0) is 0 Å². The highest BCUT2D eigenvalue weighted by Gasteiger charge is 2.23.